The Morgan fingerprint density at radius 2 is 1.94 bits per heavy atom. The Morgan fingerprint density at radius 3 is 2.59 bits per heavy atom. The van der Waals surface area contributed by atoms with E-state index < -0.39 is 0 Å². The van der Waals surface area contributed by atoms with Crippen LogP contribution in [0.1, 0.15) is 45.4 Å². The van der Waals surface area contributed by atoms with Crippen molar-refractivity contribution >= 4 is 0 Å². The molecule has 100 valence electrons. The van der Waals surface area contributed by atoms with Crippen molar-refractivity contribution in [2.24, 2.45) is 5.92 Å². The third-order valence-electron chi connectivity index (χ3n) is 4.20. The van der Waals surface area contributed by atoms with Crippen LogP contribution in [0, 0.1) is 5.92 Å². The lowest BCUT2D eigenvalue weighted by atomic mass is 10.1. The van der Waals surface area contributed by atoms with E-state index >= 15 is 0 Å². The van der Waals surface area contributed by atoms with Crippen LogP contribution in [0.2, 0.25) is 0 Å². The van der Waals surface area contributed by atoms with Crippen molar-refractivity contribution in [3.8, 4) is 0 Å². The van der Waals surface area contributed by atoms with Crippen LogP contribution in [0.5, 0.6) is 0 Å². The lowest BCUT2D eigenvalue weighted by Gasteiger charge is -2.29. The molecule has 0 unspecified atom stereocenters. The van der Waals surface area contributed by atoms with E-state index in [1.54, 1.807) is 0 Å². The molecule has 2 rings (SSSR count). The van der Waals surface area contributed by atoms with E-state index in [9.17, 15) is 5.11 Å². The average Bonchev–Trinajstić information content (AvgIpc) is 2.74. The molecule has 0 bridgehead atoms. The Bertz CT molecular complexity index is 216. The summed E-state index contributed by atoms with van der Waals surface area (Å²) < 4.78 is 5.84. The first-order chi connectivity index (χ1) is 8.25. The molecule has 3 heteroatoms. The molecule has 3 atom stereocenters. The van der Waals surface area contributed by atoms with Crippen molar-refractivity contribution in [1.29, 1.82) is 0 Å². The number of hydrogen-bond acceptors (Lipinski definition) is 3. The molecule has 1 heterocycles. The second-order valence-corrected chi connectivity index (χ2v) is 5.80. The number of β-amino-alcohol motifs (C(OH)–C–C–N with tert-alkyl or cyclic N) is 1. The maximum absolute atomic E-state index is 9.98. The quantitative estimate of drug-likeness (QED) is 0.799. The van der Waals surface area contributed by atoms with Gasteiger partial charge in [0.15, 0.2) is 0 Å². The number of nitrogens with zero attached hydrogens (tertiary/aromatic N) is 1. The molecule has 3 nitrogen and oxygen atoms in total. The highest BCUT2D eigenvalue weighted by molar-refractivity contribution is 4.75. The highest BCUT2D eigenvalue weighted by Gasteiger charge is 2.25. The van der Waals surface area contributed by atoms with Gasteiger partial charge in [0.25, 0.3) is 0 Å². The largest absolute Gasteiger partial charge is 0.389 e. The first kappa shape index (κ1) is 13.3. The van der Waals surface area contributed by atoms with Crippen molar-refractivity contribution in [3.05, 3.63) is 0 Å². The minimum atomic E-state index is -0.305. The predicted octanol–water partition coefficient (Wildman–Crippen LogP) is 2.04. The summed E-state index contributed by atoms with van der Waals surface area (Å²) >= 11 is 0. The summed E-state index contributed by atoms with van der Waals surface area (Å²) in [4.78, 5) is 2.37. The lowest BCUT2D eigenvalue weighted by Crippen LogP contribution is -2.38. The van der Waals surface area contributed by atoms with Crippen molar-refractivity contribution in [2.45, 2.75) is 57.7 Å². The summed E-state index contributed by atoms with van der Waals surface area (Å²) in [5.74, 6) is 0.678. The fourth-order valence-electron chi connectivity index (χ4n) is 3.09. The van der Waals surface area contributed by atoms with E-state index in [0.717, 1.165) is 19.6 Å². The minimum Gasteiger partial charge on any atom is -0.389 e. The minimum absolute atomic E-state index is 0.305. The van der Waals surface area contributed by atoms with Crippen LogP contribution in [-0.2, 0) is 4.74 Å². The Hall–Kier alpha value is -0.120. The van der Waals surface area contributed by atoms with Crippen molar-refractivity contribution in [3.63, 3.8) is 0 Å². The number of rotatable bonds is 5. The molecule has 2 fully saturated rings. The molecule has 17 heavy (non-hydrogen) atoms. The number of aliphatic hydroxyl groups is 1. The first-order valence-electron chi connectivity index (χ1n) is 7.27. The van der Waals surface area contributed by atoms with Crippen molar-refractivity contribution in [2.75, 3.05) is 26.2 Å². The molecular weight excluding hydrogens is 214 g/mol. The molecule has 0 aromatic heterocycles. The third kappa shape index (κ3) is 4.23. The maximum atomic E-state index is 9.98. The first-order valence-corrected chi connectivity index (χ1v) is 7.27. The molecule has 0 radical (unpaired) electrons. The molecule has 1 N–H and O–H groups in total. The zero-order valence-corrected chi connectivity index (χ0v) is 11.1. The second-order valence-electron chi connectivity index (χ2n) is 5.80. The van der Waals surface area contributed by atoms with Crippen molar-refractivity contribution in [1.82, 2.24) is 4.90 Å². The van der Waals surface area contributed by atoms with Gasteiger partial charge in [-0.15, -0.1) is 0 Å². The molecule has 0 amide bonds. The van der Waals surface area contributed by atoms with Gasteiger partial charge in [0.2, 0.25) is 0 Å². The smallest absolute Gasteiger partial charge is 0.0900 e. The van der Waals surface area contributed by atoms with Crippen LogP contribution >= 0.6 is 0 Å². The van der Waals surface area contributed by atoms with Gasteiger partial charge in [-0.05, 0) is 44.7 Å². The van der Waals surface area contributed by atoms with Gasteiger partial charge in [-0.3, -0.25) is 0 Å². The number of likely N-dealkylation sites (tertiary alicyclic amines) is 1. The molecule has 0 spiro atoms. The third-order valence-corrected chi connectivity index (χ3v) is 4.20. The summed E-state index contributed by atoms with van der Waals surface area (Å²) in [6.45, 7) is 5.87. The van der Waals surface area contributed by atoms with Gasteiger partial charge < -0.3 is 14.7 Å². The van der Waals surface area contributed by atoms with E-state index in [0.29, 0.717) is 18.6 Å². The second kappa shape index (κ2) is 6.72. The van der Waals surface area contributed by atoms with Gasteiger partial charge in [-0.25, -0.2) is 0 Å². The molecule has 1 aliphatic carbocycles. The van der Waals surface area contributed by atoms with Crippen LogP contribution in [0.25, 0.3) is 0 Å². The van der Waals surface area contributed by atoms with E-state index in [1.165, 1.54) is 38.5 Å². The Balaban J connectivity index is 1.61. The van der Waals surface area contributed by atoms with E-state index in [-0.39, 0.29) is 6.10 Å². The van der Waals surface area contributed by atoms with Gasteiger partial charge in [0, 0.05) is 6.54 Å². The van der Waals surface area contributed by atoms with Gasteiger partial charge in [-0.2, -0.15) is 0 Å². The molecule has 0 aromatic carbocycles. The van der Waals surface area contributed by atoms with E-state index in [4.69, 9.17) is 4.74 Å². The summed E-state index contributed by atoms with van der Waals surface area (Å²) in [5, 5.41) is 9.98. The van der Waals surface area contributed by atoms with Gasteiger partial charge in [0.05, 0.1) is 18.8 Å². The average molecular weight is 241 g/mol. The highest BCUT2D eigenvalue weighted by Crippen LogP contribution is 2.27. The van der Waals surface area contributed by atoms with Crippen LogP contribution in [0.3, 0.4) is 0 Å². The SMILES string of the molecule is C[C@H]1CCC[C@H]1OC[C@H](O)CN1CCCCC1. The Labute approximate surface area is 105 Å². The van der Waals surface area contributed by atoms with Crippen LogP contribution < -0.4 is 0 Å². The molecule has 2 aliphatic rings. The predicted molar refractivity (Wildman–Crippen MR) is 69.1 cm³/mol. The summed E-state index contributed by atoms with van der Waals surface area (Å²) in [7, 11) is 0. The number of hydrogen-bond donors (Lipinski definition) is 1. The number of ether oxygens (including phenoxy) is 1. The lowest BCUT2D eigenvalue weighted by molar-refractivity contribution is -0.0331. The van der Waals surface area contributed by atoms with E-state index in [2.05, 4.69) is 11.8 Å². The summed E-state index contributed by atoms with van der Waals surface area (Å²) in [5.41, 5.74) is 0. The zero-order valence-electron chi connectivity index (χ0n) is 11.1. The summed E-state index contributed by atoms with van der Waals surface area (Å²) in [6, 6.07) is 0. The Kier molecular flexibility index (Phi) is 5.26. The molecule has 1 aliphatic heterocycles. The monoisotopic (exact) mass is 241 g/mol. The topological polar surface area (TPSA) is 32.7 Å². The summed E-state index contributed by atoms with van der Waals surface area (Å²) in [6.07, 6.45) is 7.76. The Morgan fingerprint density at radius 1 is 1.18 bits per heavy atom. The standard InChI is InChI=1S/C14H27NO2/c1-12-6-5-7-14(12)17-11-13(16)10-15-8-3-2-4-9-15/h12-14,16H,2-11H2,1H3/t12-,13+,14+/m0/s1. The van der Waals surface area contributed by atoms with Crippen LogP contribution in [0.15, 0.2) is 0 Å². The fourth-order valence-corrected chi connectivity index (χ4v) is 3.09. The van der Waals surface area contributed by atoms with Crippen molar-refractivity contribution < 1.29 is 9.84 Å². The normalized spacial score (nSPS) is 32.8. The highest BCUT2D eigenvalue weighted by atomic mass is 16.5. The number of aliphatic hydroxyl groups excluding tert-OH is 1. The molecule has 1 saturated carbocycles. The maximum Gasteiger partial charge on any atom is 0.0900 e. The van der Waals surface area contributed by atoms with Gasteiger partial charge in [-0.1, -0.05) is 19.8 Å². The van der Waals surface area contributed by atoms with Crippen LogP contribution in [0.4, 0.5) is 0 Å². The van der Waals surface area contributed by atoms with E-state index in [1.807, 2.05) is 0 Å². The van der Waals surface area contributed by atoms with Gasteiger partial charge in [0.1, 0.15) is 0 Å². The zero-order chi connectivity index (χ0) is 12.1. The van der Waals surface area contributed by atoms with Gasteiger partial charge >= 0.3 is 0 Å². The molecule has 1 saturated heterocycles. The fraction of sp³-hybridized carbons (Fsp3) is 1.00. The molecular formula is C14H27NO2. The van der Waals surface area contributed by atoms with Crippen LogP contribution in [-0.4, -0.2) is 48.5 Å². The molecule has 0 aromatic rings. The number of piperidine rings is 1.